The Labute approximate surface area is 128 Å². The molecule has 7 heteroatoms. The van der Waals surface area contributed by atoms with Gasteiger partial charge in [-0.2, -0.15) is 0 Å². The molecular weight excluding hydrogens is 282 g/mol. The van der Waals surface area contributed by atoms with E-state index in [2.05, 4.69) is 20.5 Å². The van der Waals surface area contributed by atoms with Crippen molar-refractivity contribution in [2.75, 3.05) is 27.2 Å². The maximum atomic E-state index is 12.2. The molecule has 7 nitrogen and oxygen atoms in total. The van der Waals surface area contributed by atoms with Gasteiger partial charge in [-0.3, -0.25) is 9.59 Å². The summed E-state index contributed by atoms with van der Waals surface area (Å²) in [4.78, 5) is 26.0. The van der Waals surface area contributed by atoms with E-state index in [-0.39, 0.29) is 24.4 Å². The number of carbonyl (C=O) groups is 1. The van der Waals surface area contributed by atoms with Gasteiger partial charge in [-0.25, -0.2) is 4.68 Å². The first-order valence-corrected chi connectivity index (χ1v) is 7.32. The maximum absolute atomic E-state index is 12.2. The Balaban J connectivity index is 1.88. The number of benzene rings is 1. The Kier molecular flexibility index (Phi) is 5.60. The molecule has 22 heavy (non-hydrogen) atoms. The van der Waals surface area contributed by atoms with Crippen molar-refractivity contribution in [3.63, 3.8) is 0 Å². The molecule has 0 atom stereocenters. The summed E-state index contributed by atoms with van der Waals surface area (Å²) in [7, 11) is 3.99. The topological polar surface area (TPSA) is 80.1 Å². The van der Waals surface area contributed by atoms with Gasteiger partial charge in [-0.05, 0) is 39.2 Å². The number of nitrogens with one attached hydrogen (secondary N) is 1. The van der Waals surface area contributed by atoms with Gasteiger partial charge in [0.2, 0.25) is 5.91 Å². The van der Waals surface area contributed by atoms with Gasteiger partial charge < -0.3 is 10.2 Å². The van der Waals surface area contributed by atoms with E-state index in [9.17, 15) is 9.59 Å². The highest BCUT2D eigenvalue weighted by Crippen LogP contribution is 2.03. The van der Waals surface area contributed by atoms with Crippen LogP contribution in [0.15, 0.2) is 29.1 Å². The van der Waals surface area contributed by atoms with Crippen molar-refractivity contribution < 1.29 is 4.79 Å². The first-order chi connectivity index (χ1) is 10.6. The second-order valence-electron chi connectivity index (χ2n) is 5.39. The predicted octanol–water partition coefficient (Wildman–Crippen LogP) is 0.250. The van der Waals surface area contributed by atoms with Crippen LogP contribution >= 0.6 is 0 Å². The van der Waals surface area contributed by atoms with Crippen molar-refractivity contribution in [1.82, 2.24) is 25.2 Å². The summed E-state index contributed by atoms with van der Waals surface area (Å²) in [6, 6.07) is 7.05. The van der Waals surface area contributed by atoms with E-state index in [4.69, 9.17) is 0 Å². The summed E-state index contributed by atoms with van der Waals surface area (Å²) < 4.78 is 1.24. The maximum Gasteiger partial charge on any atom is 0.277 e. The molecule has 1 amide bonds. The Bertz CT molecular complexity index is 696. The summed E-state index contributed by atoms with van der Waals surface area (Å²) in [5.41, 5.74) is 0.350. The molecule has 0 bridgehead atoms. The molecule has 118 valence electrons. The average molecular weight is 303 g/mol. The smallest absolute Gasteiger partial charge is 0.277 e. The number of carbonyl (C=O) groups excluding carboxylic acids is 1. The van der Waals surface area contributed by atoms with Crippen LogP contribution in [0.5, 0.6) is 0 Å². The van der Waals surface area contributed by atoms with E-state index >= 15 is 0 Å². The molecule has 0 aliphatic carbocycles. The zero-order valence-corrected chi connectivity index (χ0v) is 13.0. The Morgan fingerprint density at radius 3 is 2.86 bits per heavy atom. The van der Waals surface area contributed by atoms with Crippen LogP contribution in [-0.2, 0) is 11.3 Å². The molecule has 0 radical (unpaired) electrons. The number of nitrogens with zero attached hydrogens (tertiary/aromatic N) is 4. The zero-order valence-electron chi connectivity index (χ0n) is 13.0. The lowest BCUT2D eigenvalue weighted by Gasteiger charge is -2.10. The lowest BCUT2D eigenvalue weighted by atomic mass is 10.2. The van der Waals surface area contributed by atoms with E-state index in [0.717, 1.165) is 13.0 Å². The summed E-state index contributed by atoms with van der Waals surface area (Å²) >= 11 is 0. The van der Waals surface area contributed by atoms with Gasteiger partial charge in [0.25, 0.3) is 5.56 Å². The molecular formula is C15H21N5O2. The summed E-state index contributed by atoms with van der Waals surface area (Å²) in [5, 5.41) is 11.2. The lowest BCUT2D eigenvalue weighted by Crippen LogP contribution is -2.30. The molecule has 0 saturated carbocycles. The molecule has 2 rings (SSSR count). The highest BCUT2D eigenvalue weighted by molar-refractivity contribution is 5.77. The van der Waals surface area contributed by atoms with E-state index in [1.807, 2.05) is 20.2 Å². The number of hydrogen-bond acceptors (Lipinski definition) is 5. The normalized spacial score (nSPS) is 11.0. The SMILES string of the molecule is CN(C)CCCNC(=O)CCn1nnc2ccccc2c1=O. The van der Waals surface area contributed by atoms with Crippen LogP contribution in [0.3, 0.4) is 0 Å². The van der Waals surface area contributed by atoms with Crippen molar-refractivity contribution >= 4 is 16.8 Å². The Hall–Kier alpha value is -2.28. The molecule has 2 aromatic rings. The zero-order chi connectivity index (χ0) is 15.9. The van der Waals surface area contributed by atoms with Crippen molar-refractivity contribution in [2.45, 2.75) is 19.4 Å². The number of aryl methyl sites for hydroxylation is 1. The molecule has 1 aromatic carbocycles. The minimum absolute atomic E-state index is 0.0828. The molecule has 1 N–H and O–H groups in total. The number of amides is 1. The first-order valence-electron chi connectivity index (χ1n) is 7.32. The van der Waals surface area contributed by atoms with Gasteiger partial charge in [-0.1, -0.05) is 17.3 Å². The van der Waals surface area contributed by atoms with Crippen LogP contribution in [0, 0.1) is 0 Å². The fourth-order valence-corrected chi connectivity index (χ4v) is 2.09. The molecule has 0 saturated heterocycles. The summed E-state index contributed by atoms with van der Waals surface area (Å²) in [6.07, 6.45) is 1.11. The van der Waals surface area contributed by atoms with Crippen molar-refractivity contribution in [3.8, 4) is 0 Å². The standard InChI is InChI=1S/C15H21N5O2/c1-19(2)10-5-9-16-14(21)8-11-20-15(22)12-6-3-4-7-13(12)17-18-20/h3-4,6-7H,5,8-11H2,1-2H3,(H,16,21). The van der Waals surface area contributed by atoms with Gasteiger partial charge in [0.15, 0.2) is 0 Å². The third-order valence-electron chi connectivity index (χ3n) is 3.28. The quantitative estimate of drug-likeness (QED) is 0.742. The van der Waals surface area contributed by atoms with E-state index < -0.39 is 0 Å². The van der Waals surface area contributed by atoms with Crippen LogP contribution < -0.4 is 10.9 Å². The number of fused-ring (bicyclic) bond motifs is 1. The minimum Gasteiger partial charge on any atom is -0.356 e. The molecule has 0 unspecified atom stereocenters. The summed E-state index contributed by atoms with van der Waals surface area (Å²) in [6.45, 7) is 1.79. The molecule has 0 fully saturated rings. The van der Waals surface area contributed by atoms with E-state index in [0.29, 0.717) is 17.4 Å². The molecule has 0 aliphatic heterocycles. The van der Waals surface area contributed by atoms with Crippen LogP contribution in [0.2, 0.25) is 0 Å². The van der Waals surface area contributed by atoms with E-state index in [1.165, 1.54) is 4.68 Å². The number of rotatable bonds is 7. The molecule has 0 aliphatic rings. The van der Waals surface area contributed by atoms with Gasteiger partial charge >= 0.3 is 0 Å². The second kappa shape index (κ2) is 7.65. The predicted molar refractivity (Wildman–Crippen MR) is 84.6 cm³/mol. The van der Waals surface area contributed by atoms with Crippen LogP contribution in [-0.4, -0.2) is 53.0 Å². The van der Waals surface area contributed by atoms with Crippen molar-refractivity contribution in [2.24, 2.45) is 0 Å². The van der Waals surface area contributed by atoms with Crippen molar-refractivity contribution in [1.29, 1.82) is 0 Å². The molecule has 1 heterocycles. The van der Waals surface area contributed by atoms with Gasteiger partial charge in [0, 0.05) is 13.0 Å². The fourth-order valence-electron chi connectivity index (χ4n) is 2.09. The Morgan fingerprint density at radius 1 is 1.32 bits per heavy atom. The molecule has 0 spiro atoms. The highest BCUT2D eigenvalue weighted by atomic mass is 16.2. The average Bonchev–Trinajstić information content (AvgIpc) is 2.51. The van der Waals surface area contributed by atoms with Crippen LogP contribution in [0.1, 0.15) is 12.8 Å². The third kappa shape index (κ3) is 4.36. The summed E-state index contributed by atoms with van der Waals surface area (Å²) in [5.74, 6) is -0.0828. The number of hydrogen-bond donors (Lipinski definition) is 1. The lowest BCUT2D eigenvalue weighted by molar-refractivity contribution is -0.121. The van der Waals surface area contributed by atoms with Crippen LogP contribution in [0.4, 0.5) is 0 Å². The van der Waals surface area contributed by atoms with Crippen LogP contribution in [0.25, 0.3) is 10.9 Å². The fraction of sp³-hybridized carbons (Fsp3) is 0.467. The third-order valence-corrected chi connectivity index (χ3v) is 3.28. The molecule has 1 aromatic heterocycles. The second-order valence-corrected chi connectivity index (χ2v) is 5.39. The largest absolute Gasteiger partial charge is 0.356 e. The monoisotopic (exact) mass is 303 g/mol. The minimum atomic E-state index is -0.217. The highest BCUT2D eigenvalue weighted by Gasteiger charge is 2.07. The van der Waals surface area contributed by atoms with Crippen molar-refractivity contribution in [3.05, 3.63) is 34.6 Å². The number of aromatic nitrogens is 3. The van der Waals surface area contributed by atoms with Gasteiger partial charge in [0.05, 0.1) is 11.9 Å². The first kappa shape index (κ1) is 16.1. The van der Waals surface area contributed by atoms with Gasteiger partial charge in [-0.15, -0.1) is 5.10 Å². The Morgan fingerprint density at radius 2 is 2.09 bits per heavy atom. The van der Waals surface area contributed by atoms with Gasteiger partial charge in [0.1, 0.15) is 5.52 Å². The van der Waals surface area contributed by atoms with E-state index in [1.54, 1.807) is 18.2 Å².